The van der Waals surface area contributed by atoms with Crippen LogP contribution in [-0.2, 0) is 11.2 Å². The smallest absolute Gasteiger partial charge is 0.336 e. The second-order valence-electron chi connectivity index (χ2n) is 5.69. The van der Waals surface area contributed by atoms with Crippen molar-refractivity contribution in [2.45, 2.75) is 20.3 Å². The number of aryl methyl sites for hydroxylation is 2. The molecule has 0 bridgehead atoms. The molecule has 0 radical (unpaired) electrons. The summed E-state index contributed by atoms with van der Waals surface area (Å²) >= 11 is 0. The summed E-state index contributed by atoms with van der Waals surface area (Å²) < 4.78 is 10.4. The van der Waals surface area contributed by atoms with Gasteiger partial charge in [0.1, 0.15) is 11.5 Å². The van der Waals surface area contributed by atoms with Crippen LogP contribution in [0.5, 0.6) is 11.5 Å². The Kier molecular flexibility index (Phi) is 5.64. The van der Waals surface area contributed by atoms with E-state index in [1.807, 2.05) is 6.92 Å². The average molecular weight is 343 g/mol. The quantitative estimate of drug-likeness (QED) is 0.841. The molecule has 0 aliphatic carbocycles. The molecule has 6 nitrogen and oxygen atoms in total. The lowest BCUT2D eigenvalue weighted by Gasteiger charge is -2.13. The monoisotopic (exact) mass is 343 g/mol. The highest BCUT2D eigenvalue weighted by Crippen LogP contribution is 2.25. The largest absolute Gasteiger partial charge is 0.497 e. The number of anilines is 1. The maximum Gasteiger partial charge on any atom is 0.336 e. The molecule has 0 fully saturated rings. The van der Waals surface area contributed by atoms with Crippen molar-refractivity contribution in [1.29, 1.82) is 0 Å². The molecule has 2 aromatic carbocycles. The molecule has 2 aromatic rings. The number of carboxylic acids is 1. The fourth-order valence-corrected chi connectivity index (χ4v) is 2.60. The normalized spacial score (nSPS) is 10.2. The number of methoxy groups -OCH3 is 2. The highest BCUT2D eigenvalue weighted by atomic mass is 16.5. The Bertz CT molecular complexity index is 814. The van der Waals surface area contributed by atoms with Crippen molar-refractivity contribution in [2.75, 3.05) is 19.5 Å². The fourth-order valence-electron chi connectivity index (χ4n) is 2.60. The maximum absolute atomic E-state index is 12.4. The van der Waals surface area contributed by atoms with E-state index >= 15 is 0 Å². The topological polar surface area (TPSA) is 84.9 Å². The summed E-state index contributed by atoms with van der Waals surface area (Å²) in [5.74, 6) is -0.0802. The molecule has 0 saturated heterocycles. The Morgan fingerprint density at radius 1 is 1.04 bits per heavy atom. The van der Waals surface area contributed by atoms with Crippen LogP contribution in [0.15, 0.2) is 30.3 Å². The van der Waals surface area contributed by atoms with Gasteiger partial charge >= 0.3 is 5.97 Å². The molecule has 2 rings (SSSR count). The fraction of sp³-hybridized carbons (Fsp3) is 0.263. The number of benzene rings is 2. The zero-order valence-corrected chi connectivity index (χ0v) is 14.7. The number of carboxylic acid groups (broad SMARTS) is 1. The summed E-state index contributed by atoms with van der Waals surface area (Å²) in [6.45, 7) is 3.55. The number of ether oxygens (including phenoxy) is 2. The minimum Gasteiger partial charge on any atom is -0.497 e. The highest BCUT2D eigenvalue weighted by molar-refractivity contribution is 5.96. The third-order valence-electron chi connectivity index (χ3n) is 3.91. The third-order valence-corrected chi connectivity index (χ3v) is 3.91. The van der Waals surface area contributed by atoms with Crippen molar-refractivity contribution >= 4 is 17.6 Å². The molecule has 2 N–H and O–H groups in total. The van der Waals surface area contributed by atoms with Gasteiger partial charge in [0.15, 0.2) is 0 Å². The first kappa shape index (κ1) is 18.3. The van der Waals surface area contributed by atoms with Gasteiger partial charge in [-0.15, -0.1) is 0 Å². The number of carbonyl (C=O) groups is 2. The Balaban J connectivity index is 2.24. The first-order chi connectivity index (χ1) is 11.8. The van der Waals surface area contributed by atoms with E-state index in [-0.39, 0.29) is 17.9 Å². The van der Waals surface area contributed by atoms with Gasteiger partial charge in [0.05, 0.1) is 26.2 Å². The number of rotatable bonds is 6. The second kappa shape index (κ2) is 7.70. The van der Waals surface area contributed by atoms with Gasteiger partial charge < -0.3 is 19.9 Å². The second-order valence-corrected chi connectivity index (χ2v) is 5.69. The van der Waals surface area contributed by atoms with E-state index in [4.69, 9.17) is 9.47 Å². The molecule has 0 atom stereocenters. The van der Waals surface area contributed by atoms with Gasteiger partial charge in [-0.2, -0.15) is 0 Å². The predicted octanol–water partition coefficient (Wildman–Crippen LogP) is 3.20. The Labute approximate surface area is 146 Å². The number of nitrogens with one attached hydrogen (secondary N) is 1. The Hall–Kier alpha value is -3.02. The average Bonchev–Trinajstić information content (AvgIpc) is 2.56. The van der Waals surface area contributed by atoms with Crippen molar-refractivity contribution < 1.29 is 24.2 Å². The molecule has 0 aromatic heterocycles. The number of carbonyl (C=O) groups excluding carboxylic acids is 1. The molecule has 6 heteroatoms. The van der Waals surface area contributed by atoms with E-state index in [0.717, 1.165) is 5.56 Å². The van der Waals surface area contributed by atoms with Gasteiger partial charge in [0.25, 0.3) is 0 Å². The van der Waals surface area contributed by atoms with Gasteiger partial charge in [-0.1, -0.05) is 6.07 Å². The first-order valence-electron chi connectivity index (χ1n) is 7.71. The molecule has 0 aliphatic heterocycles. The third kappa shape index (κ3) is 4.29. The maximum atomic E-state index is 12.4. The van der Waals surface area contributed by atoms with Crippen molar-refractivity contribution in [1.82, 2.24) is 0 Å². The summed E-state index contributed by atoms with van der Waals surface area (Å²) in [7, 11) is 3.08. The van der Waals surface area contributed by atoms with Crippen molar-refractivity contribution in [3.05, 3.63) is 52.6 Å². The molecule has 0 saturated carbocycles. The van der Waals surface area contributed by atoms with Crippen LogP contribution in [0, 0.1) is 13.8 Å². The molecule has 0 unspecified atom stereocenters. The minimum absolute atomic E-state index is 0.0795. The van der Waals surface area contributed by atoms with E-state index in [9.17, 15) is 14.7 Å². The van der Waals surface area contributed by atoms with Crippen LogP contribution in [-0.4, -0.2) is 31.2 Å². The highest BCUT2D eigenvalue weighted by Gasteiger charge is 2.14. The van der Waals surface area contributed by atoms with Crippen molar-refractivity contribution in [3.8, 4) is 11.5 Å². The van der Waals surface area contributed by atoms with Gasteiger partial charge in [-0.3, -0.25) is 4.79 Å². The zero-order valence-electron chi connectivity index (χ0n) is 14.7. The molecular weight excluding hydrogens is 322 g/mol. The molecule has 0 aliphatic rings. The molecule has 0 spiro atoms. The van der Waals surface area contributed by atoms with Gasteiger partial charge in [0.2, 0.25) is 5.91 Å². The molecule has 25 heavy (non-hydrogen) atoms. The minimum atomic E-state index is -1.03. The van der Waals surface area contributed by atoms with Crippen LogP contribution in [0.3, 0.4) is 0 Å². The van der Waals surface area contributed by atoms with Crippen molar-refractivity contribution in [3.63, 3.8) is 0 Å². The van der Waals surface area contributed by atoms with E-state index in [2.05, 4.69) is 5.32 Å². The van der Waals surface area contributed by atoms with E-state index in [0.29, 0.717) is 28.3 Å². The standard InChI is InChI=1S/C19H21NO5/c1-11-7-12(2)16(10-15(11)19(22)23)20-18(21)9-13-8-14(24-3)5-6-17(13)25-4/h5-8,10H,9H2,1-4H3,(H,20,21)(H,22,23). The van der Waals surface area contributed by atoms with Crippen LogP contribution < -0.4 is 14.8 Å². The van der Waals surface area contributed by atoms with E-state index < -0.39 is 5.97 Å². The zero-order chi connectivity index (χ0) is 18.6. The van der Waals surface area contributed by atoms with Crippen LogP contribution in [0.1, 0.15) is 27.0 Å². The first-order valence-corrected chi connectivity index (χ1v) is 7.71. The summed E-state index contributed by atoms with van der Waals surface area (Å²) in [4.78, 5) is 23.7. The van der Waals surface area contributed by atoms with Crippen LogP contribution in [0.2, 0.25) is 0 Å². The number of hydrogen-bond acceptors (Lipinski definition) is 4. The van der Waals surface area contributed by atoms with Gasteiger partial charge in [-0.05, 0) is 49.2 Å². The number of hydrogen-bond donors (Lipinski definition) is 2. The van der Waals surface area contributed by atoms with Crippen LogP contribution in [0.25, 0.3) is 0 Å². The van der Waals surface area contributed by atoms with E-state index in [1.165, 1.54) is 13.2 Å². The number of amides is 1. The summed E-state index contributed by atoms with van der Waals surface area (Å²) in [5, 5.41) is 12.0. The van der Waals surface area contributed by atoms with Gasteiger partial charge in [0, 0.05) is 11.3 Å². The summed E-state index contributed by atoms with van der Waals surface area (Å²) in [6, 6.07) is 8.45. The lowest BCUT2D eigenvalue weighted by molar-refractivity contribution is -0.115. The lowest BCUT2D eigenvalue weighted by Crippen LogP contribution is -2.16. The van der Waals surface area contributed by atoms with Crippen molar-refractivity contribution in [2.24, 2.45) is 0 Å². The summed E-state index contributed by atoms with van der Waals surface area (Å²) in [5.41, 5.74) is 2.78. The predicted molar refractivity (Wildman–Crippen MR) is 94.8 cm³/mol. The Morgan fingerprint density at radius 2 is 1.76 bits per heavy atom. The lowest BCUT2D eigenvalue weighted by atomic mass is 10.0. The SMILES string of the molecule is COc1ccc(OC)c(CC(=O)Nc2cc(C(=O)O)c(C)cc2C)c1. The van der Waals surface area contributed by atoms with Crippen LogP contribution in [0.4, 0.5) is 5.69 Å². The van der Waals surface area contributed by atoms with Crippen LogP contribution >= 0.6 is 0 Å². The molecule has 0 heterocycles. The molecular formula is C19H21NO5. The van der Waals surface area contributed by atoms with E-state index in [1.54, 1.807) is 38.3 Å². The van der Waals surface area contributed by atoms with Gasteiger partial charge in [-0.25, -0.2) is 4.79 Å². The molecule has 132 valence electrons. The summed E-state index contributed by atoms with van der Waals surface area (Å²) in [6.07, 6.45) is 0.0795. The Morgan fingerprint density at radius 3 is 2.36 bits per heavy atom. The molecule has 1 amide bonds. The number of aromatic carboxylic acids is 1.